The van der Waals surface area contributed by atoms with Crippen LogP contribution in [0, 0.1) is 0 Å². The number of aliphatic carboxylic acids is 1. The Balaban J connectivity index is 1.93. The van der Waals surface area contributed by atoms with Gasteiger partial charge in [0.15, 0.2) is 5.75 Å². The Morgan fingerprint density at radius 3 is 2.50 bits per heavy atom. The molecule has 2 amide bonds. The zero-order valence-electron chi connectivity index (χ0n) is 18.1. The van der Waals surface area contributed by atoms with Crippen LogP contribution in [-0.4, -0.2) is 48.3 Å². The molecule has 0 saturated heterocycles. The maximum atomic E-state index is 12.5. The summed E-state index contributed by atoms with van der Waals surface area (Å²) in [4.78, 5) is 38.5. The van der Waals surface area contributed by atoms with Gasteiger partial charge in [0.25, 0.3) is 11.8 Å². The zero-order chi connectivity index (χ0) is 23.3. The normalized spacial score (nSPS) is 10.2. The van der Waals surface area contributed by atoms with Crippen molar-refractivity contribution in [2.75, 3.05) is 25.6 Å². The van der Waals surface area contributed by atoms with E-state index in [1.807, 2.05) is 5.32 Å². The van der Waals surface area contributed by atoms with Crippen molar-refractivity contribution in [3.05, 3.63) is 42.1 Å². The van der Waals surface area contributed by atoms with Crippen LogP contribution in [0.5, 0.6) is 17.4 Å². The molecule has 0 aliphatic rings. The maximum Gasteiger partial charge on any atom is 0.414 e. The molecule has 10 heteroatoms. The molecule has 0 bridgehead atoms. The number of nitrogens with zero attached hydrogens (tertiary/aromatic N) is 1. The van der Waals surface area contributed by atoms with E-state index in [-0.39, 0.29) is 17.2 Å². The van der Waals surface area contributed by atoms with Crippen molar-refractivity contribution in [2.24, 2.45) is 0 Å². The number of aromatic nitrogens is 1. The number of carboxylic acid groups (broad SMARTS) is 1. The number of carbonyl (C=O) groups excluding carboxylic acids is 2. The van der Waals surface area contributed by atoms with Gasteiger partial charge in [0.1, 0.15) is 12.3 Å². The summed E-state index contributed by atoms with van der Waals surface area (Å²) in [6.45, 7) is 2.20. The Kier molecular flexibility index (Phi) is 9.76. The van der Waals surface area contributed by atoms with Gasteiger partial charge in [-0.1, -0.05) is 26.2 Å². The first kappa shape index (κ1) is 24.4. The molecule has 172 valence electrons. The third-order valence-corrected chi connectivity index (χ3v) is 4.25. The molecule has 32 heavy (non-hydrogen) atoms. The number of ether oxygens (including phenoxy) is 3. The topological polar surface area (TPSA) is 136 Å². The highest BCUT2D eigenvalue weighted by Crippen LogP contribution is 2.26. The van der Waals surface area contributed by atoms with E-state index >= 15 is 0 Å². The van der Waals surface area contributed by atoms with Crippen LogP contribution < -0.4 is 24.8 Å². The lowest BCUT2D eigenvalue weighted by Gasteiger charge is -2.11. The fraction of sp³-hybridized carbons (Fsp3) is 0.364. The summed E-state index contributed by atoms with van der Waals surface area (Å²) in [5.41, 5.74) is 0.747. The van der Waals surface area contributed by atoms with Crippen molar-refractivity contribution in [1.29, 1.82) is 0 Å². The van der Waals surface area contributed by atoms with Gasteiger partial charge in [-0.05, 0) is 30.7 Å². The van der Waals surface area contributed by atoms with Gasteiger partial charge < -0.3 is 30.0 Å². The summed E-state index contributed by atoms with van der Waals surface area (Å²) in [6, 6.07) is 8.38. The number of pyridine rings is 1. The van der Waals surface area contributed by atoms with E-state index in [9.17, 15) is 14.4 Å². The molecule has 0 saturated carbocycles. The van der Waals surface area contributed by atoms with Crippen molar-refractivity contribution in [1.82, 2.24) is 10.3 Å². The number of rotatable bonds is 12. The van der Waals surface area contributed by atoms with Crippen LogP contribution in [0.2, 0.25) is 0 Å². The summed E-state index contributed by atoms with van der Waals surface area (Å²) >= 11 is 0. The molecule has 0 radical (unpaired) electrons. The number of hydrogen-bond donors (Lipinski definition) is 3. The largest absolute Gasteiger partial charge is 0.494 e. The summed E-state index contributed by atoms with van der Waals surface area (Å²) < 4.78 is 15.7. The van der Waals surface area contributed by atoms with Gasteiger partial charge in [-0.25, -0.2) is 9.78 Å². The molecule has 1 aromatic carbocycles. The van der Waals surface area contributed by atoms with E-state index in [1.54, 1.807) is 24.3 Å². The van der Waals surface area contributed by atoms with Gasteiger partial charge in [0.05, 0.1) is 19.3 Å². The highest BCUT2D eigenvalue weighted by Gasteiger charge is 2.16. The summed E-state index contributed by atoms with van der Waals surface area (Å²) in [6.07, 6.45) is 4.71. The lowest BCUT2D eigenvalue weighted by Crippen LogP contribution is -2.32. The molecule has 0 aliphatic carbocycles. The minimum atomic E-state index is -1.22. The number of methoxy groups -OCH3 is 1. The number of anilines is 1. The quantitative estimate of drug-likeness (QED) is 0.423. The molecule has 10 nitrogen and oxygen atoms in total. The van der Waals surface area contributed by atoms with Crippen molar-refractivity contribution >= 4 is 23.7 Å². The van der Waals surface area contributed by atoms with Crippen LogP contribution in [0.15, 0.2) is 36.5 Å². The highest BCUT2D eigenvalue weighted by atomic mass is 16.6. The fourth-order valence-electron chi connectivity index (χ4n) is 2.61. The van der Waals surface area contributed by atoms with Gasteiger partial charge >= 0.3 is 12.1 Å². The minimum absolute atomic E-state index is 0.0370. The number of unbranched alkanes of at least 4 members (excludes halogenated alkanes) is 3. The molecular formula is C22H27N3O7. The lowest BCUT2D eigenvalue weighted by molar-refractivity contribution is -0.135. The predicted octanol–water partition coefficient (Wildman–Crippen LogP) is 3.47. The Morgan fingerprint density at radius 2 is 1.84 bits per heavy atom. The van der Waals surface area contributed by atoms with E-state index < -0.39 is 24.5 Å². The van der Waals surface area contributed by atoms with E-state index in [0.717, 1.165) is 18.6 Å². The van der Waals surface area contributed by atoms with Crippen LogP contribution in [0.1, 0.15) is 43.0 Å². The zero-order valence-corrected chi connectivity index (χ0v) is 18.1. The SMILES string of the molecule is CCCCCCOc1ccc(NC(=O)c2cnc(OC(=O)NCC(=O)O)c(OC)c2)cc1. The number of nitrogens with one attached hydrogen (secondary N) is 2. The second-order valence-electron chi connectivity index (χ2n) is 6.76. The number of carbonyl (C=O) groups is 3. The van der Waals surface area contributed by atoms with Gasteiger partial charge in [0, 0.05) is 18.0 Å². The van der Waals surface area contributed by atoms with Crippen LogP contribution in [0.3, 0.4) is 0 Å². The number of carboxylic acids is 1. The average Bonchev–Trinajstić information content (AvgIpc) is 2.78. The van der Waals surface area contributed by atoms with Crippen molar-refractivity contribution in [3.63, 3.8) is 0 Å². The first-order valence-corrected chi connectivity index (χ1v) is 10.2. The van der Waals surface area contributed by atoms with Crippen LogP contribution in [0.25, 0.3) is 0 Å². The molecular weight excluding hydrogens is 418 g/mol. The number of amides is 2. The van der Waals surface area contributed by atoms with E-state index in [1.165, 1.54) is 32.2 Å². The molecule has 0 atom stereocenters. The molecule has 0 unspecified atom stereocenters. The molecule has 2 aromatic rings. The lowest BCUT2D eigenvalue weighted by atomic mass is 10.2. The van der Waals surface area contributed by atoms with Crippen molar-refractivity contribution in [2.45, 2.75) is 32.6 Å². The van der Waals surface area contributed by atoms with E-state index in [0.29, 0.717) is 12.3 Å². The molecule has 0 fully saturated rings. The Bertz CT molecular complexity index is 916. The van der Waals surface area contributed by atoms with Gasteiger partial charge in [-0.15, -0.1) is 0 Å². The Hall–Kier alpha value is -3.82. The second kappa shape index (κ2) is 12.8. The third kappa shape index (κ3) is 8.13. The Labute approximate surface area is 185 Å². The summed E-state index contributed by atoms with van der Waals surface area (Å²) in [5.74, 6) is -1.10. The first-order chi connectivity index (χ1) is 15.4. The van der Waals surface area contributed by atoms with Gasteiger partial charge in [-0.3, -0.25) is 9.59 Å². The number of benzene rings is 1. The Morgan fingerprint density at radius 1 is 1.09 bits per heavy atom. The van der Waals surface area contributed by atoms with Gasteiger partial charge in [-0.2, -0.15) is 0 Å². The van der Waals surface area contributed by atoms with Crippen LogP contribution >= 0.6 is 0 Å². The minimum Gasteiger partial charge on any atom is -0.494 e. The molecule has 3 N–H and O–H groups in total. The number of hydrogen-bond acceptors (Lipinski definition) is 7. The summed E-state index contributed by atoms with van der Waals surface area (Å²) in [5, 5.41) is 13.3. The highest BCUT2D eigenvalue weighted by molar-refractivity contribution is 6.04. The van der Waals surface area contributed by atoms with Crippen LogP contribution in [0.4, 0.5) is 10.5 Å². The van der Waals surface area contributed by atoms with Crippen molar-refractivity contribution in [3.8, 4) is 17.4 Å². The predicted molar refractivity (Wildman–Crippen MR) is 116 cm³/mol. The first-order valence-electron chi connectivity index (χ1n) is 10.2. The average molecular weight is 445 g/mol. The summed E-state index contributed by atoms with van der Waals surface area (Å²) in [7, 11) is 1.32. The maximum absolute atomic E-state index is 12.5. The molecule has 1 heterocycles. The molecule has 0 spiro atoms. The smallest absolute Gasteiger partial charge is 0.414 e. The van der Waals surface area contributed by atoms with E-state index in [4.69, 9.17) is 19.3 Å². The monoisotopic (exact) mass is 445 g/mol. The van der Waals surface area contributed by atoms with E-state index in [2.05, 4.69) is 17.2 Å². The van der Waals surface area contributed by atoms with Crippen molar-refractivity contribution < 1.29 is 33.7 Å². The molecule has 0 aliphatic heterocycles. The van der Waals surface area contributed by atoms with Crippen LogP contribution in [-0.2, 0) is 4.79 Å². The molecule has 2 rings (SSSR count). The van der Waals surface area contributed by atoms with Gasteiger partial charge in [0.2, 0.25) is 0 Å². The molecule has 1 aromatic heterocycles. The fourth-order valence-corrected chi connectivity index (χ4v) is 2.61. The third-order valence-electron chi connectivity index (χ3n) is 4.25. The second-order valence-corrected chi connectivity index (χ2v) is 6.76. The standard InChI is InChI=1S/C22H27N3O7/c1-3-4-5-6-11-31-17-9-7-16(8-10-17)25-20(28)15-12-18(30-2)21(23-13-15)32-22(29)24-14-19(26)27/h7-10,12-13H,3-6,11,14H2,1-2H3,(H,24,29)(H,25,28)(H,26,27).